The highest BCUT2D eigenvalue weighted by Gasteiger charge is 2.37. The van der Waals surface area contributed by atoms with Crippen molar-refractivity contribution in [3.63, 3.8) is 0 Å². The highest BCUT2D eigenvalue weighted by atomic mass is 32.2. The molecule has 0 saturated carbocycles. The van der Waals surface area contributed by atoms with Crippen molar-refractivity contribution in [2.75, 3.05) is 41.9 Å². The number of aromatic nitrogens is 1. The smallest absolute Gasteiger partial charge is 0.371 e. The number of piperidine rings is 1. The van der Waals surface area contributed by atoms with Gasteiger partial charge >= 0.3 is 6.18 Å². The summed E-state index contributed by atoms with van der Waals surface area (Å²) in [4.78, 5) is 32.4. The Morgan fingerprint density at radius 3 is 2.42 bits per heavy atom. The van der Waals surface area contributed by atoms with E-state index < -0.39 is 39.8 Å². The van der Waals surface area contributed by atoms with Crippen LogP contribution < -0.4 is 20.4 Å². The predicted molar refractivity (Wildman–Crippen MR) is 161 cm³/mol. The lowest BCUT2D eigenvalue weighted by molar-refractivity contribution is -0.141. The van der Waals surface area contributed by atoms with Gasteiger partial charge in [-0.1, -0.05) is 12.1 Å². The molecule has 3 N–H and O–H groups in total. The van der Waals surface area contributed by atoms with Crippen LogP contribution in [0.4, 0.5) is 24.7 Å². The molecule has 2 aliphatic heterocycles. The highest BCUT2D eigenvalue weighted by Crippen LogP contribution is 2.36. The Labute approximate surface area is 260 Å². The third-order valence-electron chi connectivity index (χ3n) is 8.18. The van der Waals surface area contributed by atoms with Crippen molar-refractivity contribution in [2.24, 2.45) is 5.92 Å². The summed E-state index contributed by atoms with van der Waals surface area (Å²) in [6.07, 6.45) is -0.234. The second kappa shape index (κ2) is 14.9. The largest absolute Gasteiger partial charge is 0.433 e. The molecule has 2 aromatic rings. The number of pyridine rings is 1. The quantitative estimate of drug-likeness (QED) is 0.292. The van der Waals surface area contributed by atoms with E-state index in [0.717, 1.165) is 11.6 Å². The molecule has 0 aliphatic carbocycles. The van der Waals surface area contributed by atoms with Crippen molar-refractivity contribution >= 4 is 33.4 Å². The number of benzene rings is 1. The molecular weight excluding hydrogens is 613 g/mol. The van der Waals surface area contributed by atoms with E-state index in [1.165, 1.54) is 0 Å². The van der Waals surface area contributed by atoms with Gasteiger partial charge in [0.05, 0.1) is 11.6 Å². The number of halogens is 3. The summed E-state index contributed by atoms with van der Waals surface area (Å²) in [5.74, 6) is -1.21. The maximum absolute atomic E-state index is 13.9. The van der Waals surface area contributed by atoms with Gasteiger partial charge in [0.25, 0.3) is 10.1 Å². The standard InChI is InChI=1S/C30H37F3N6O5S/c31-30(32,33)26-17-24(38-15-11-21(12-16-38)3-1-5-28(40)36-20-45(42,43)44)18-27(37-26)39-14-2-4-25(39)29(41)35-13-10-22-6-8-23(19-34)9-7-22/h6-9,17-18,21,25H,1-5,10-16,20H2,(H,35,41)(H,36,40)(H,42,43,44)/t25-/m0/s1. The molecule has 2 saturated heterocycles. The van der Waals surface area contributed by atoms with Crippen LogP contribution in [0.3, 0.4) is 0 Å². The maximum atomic E-state index is 13.9. The summed E-state index contributed by atoms with van der Waals surface area (Å²) in [5, 5.41) is 14.0. The Kier molecular flexibility index (Phi) is 11.3. The third kappa shape index (κ3) is 10.1. The number of amides is 2. The lowest BCUT2D eigenvalue weighted by Gasteiger charge is -2.35. The van der Waals surface area contributed by atoms with Crippen molar-refractivity contribution in [3.8, 4) is 6.07 Å². The average molecular weight is 651 g/mol. The van der Waals surface area contributed by atoms with E-state index in [1.54, 1.807) is 23.1 Å². The van der Waals surface area contributed by atoms with Gasteiger partial charge in [0.1, 0.15) is 23.4 Å². The van der Waals surface area contributed by atoms with Crippen LogP contribution in [0.15, 0.2) is 36.4 Å². The van der Waals surface area contributed by atoms with Gasteiger partial charge in [-0.3, -0.25) is 14.1 Å². The first kappa shape index (κ1) is 34.0. The number of carbonyl (C=O) groups is 2. The average Bonchev–Trinajstić information content (AvgIpc) is 3.50. The van der Waals surface area contributed by atoms with E-state index in [1.807, 2.05) is 17.0 Å². The molecule has 0 bridgehead atoms. The van der Waals surface area contributed by atoms with E-state index >= 15 is 0 Å². The SMILES string of the molecule is N#Cc1ccc(CCNC(=O)[C@@H]2CCCN2c2cc(N3CCC(CCCC(=O)NCS(=O)(=O)O)CC3)cc(C(F)(F)F)n2)cc1. The van der Waals surface area contributed by atoms with Crippen LogP contribution in [-0.4, -0.2) is 67.9 Å². The minimum atomic E-state index is -4.67. The lowest BCUT2D eigenvalue weighted by atomic mass is 9.91. The van der Waals surface area contributed by atoms with Crippen molar-refractivity contribution < 1.29 is 35.7 Å². The predicted octanol–water partition coefficient (Wildman–Crippen LogP) is 3.65. The number of hydrogen-bond donors (Lipinski definition) is 3. The molecule has 15 heteroatoms. The number of rotatable bonds is 12. The van der Waals surface area contributed by atoms with Crippen LogP contribution in [0.2, 0.25) is 0 Å². The monoisotopic (exact) mass is 650 g/mol. The normalized spacial score (nSPS) is 17.6. The Bertz CT molecular complexity index is 1490. The molecule has 2 amide bonds. The third-order valence-corrected chi connectivity index (χ3v) is 8.69. The molecular formula is C30H37F3N6O5S. The van der Waals surface area contributed by atoms with Gasteiger partial charge in [0, 0.05) is 44.4 Å². The van der Waals surface area contributed by atoms with E-state index in [4.69, 9.17) is 9.81 Å². The molecule has 2 aliphatic rings. The Balaban J connectivity index is 1.35. The zero-order valence-corrected chi connectivity index (χ0v) is 25.5. The molecule has 4 rings (SSSR count). The molecule has 244 valence electrons. The van der Waals surface area contributed by atoms with Crippen molar-refractivity contribution in [3.05, 3.63) is 53.2 Å². The summed E-state index contributed by atoms with van der Waals surface area (Å²) in [6, 6.07) is 11.1. The maximum Gasteiger partial charge on any atom is 0.433 e. The summed E-state index contributed by atoms with van der Waals surface area (Å²) < 4.78 is 72.1. The van der Waals surface area contributed by atoms with Crippen molar-refractivity contribution in [2.45, 2.75) is 63.6 Å². The fourth-order valence-electron chi connectivity index (χ4n) is 5.78. The number of carbonyl (C=O) groups excluding carboxylic acids is 2. The summed E-state index contributed by atoms with van der Waals surface area (Å²) in [6.45, 7) is 1.78. The van der Waals surface area contributed by atoms with Crippen LogP contribution in [-0.2, 0) is 32.3 Å². The first-order valence-electron chi connectivity index (χ1n) is 14.9. The van der Waals surface area contributed by atoms with Crippen LogP contribution in [0.25, 0.3) is 0 Å². The van der Waals surface area contributed by atoms with E-state index in [-0.39, 0.29) is 24.1 Å². The molecule has 1 aromatic carbocycles. The highest BCUT2D eigenvalue weighted by molar-refractivity contribution is 7.85. The van der Waals surface area contributed by atoms with Gasteiger partial charge in [-0.2, -0.15) is 26.9 Å². The molecule has 0 spiro atoms. The van der Waals surface area contributed by atoms with Crippen LogP contribution in [0, 0.1) is 17.2 Å². The van der Waals surface area contributed by atoms with Gasteiger partial charge in [0.2, 0.25) is 11.8 Å². The molecule has 0 radical (unpaired) electrons. The van der Waals surface area contributed by atoms with Gasteiger partial charge in [-0.05, 0) is 74.6 Å². The van der Waals surface area contributed by atoms with E-state index in [9.17, 15) is 31.2 Å². The molecule has 0 unspecified atom stereocenters. The number of nitrogens with one attached hydrogen (secondary N) is 2. The number of alkyl halides is 3. The van der Waals surface area contributed by atoms with E-state index in [2.05, 4.69) is 21.7 Å². The van der Waals surface area contributed by atoms with Gasteiger partial charge in [-0.15, -0.1) is 0 Å². The van der Waals surface area contributed by atoms with Gasteiger partial charge in [-0.25, -0.2) is 4.98 Å². The zero-order valence-electron chi connectivity index (χ0n) is 24.7. The molecule has 3 heterocycles. The van der Waals surface area contributed by atoms with Crippen LogP contribution in [0.5, 0.6) is 0 Å². The second-order valence-corrected chi connectivity index (χ2v) is 12.9. The van der Waals surface area contributed by atoms with Crippen molar-refractivity contribution in [1.82, 2.24) is 15.6 Å². The fourth-order valence-corrected chi connectivity index (χ4v) is 6.12. The molecule has 2 fully saturated rings. The first-order chi connectivity index (χ1) is 21.3. The number of nitrogens with zero attached hydrogens (tertiary/aromatic N) is 4. The molecule has 1 atom stereocenters. The number of hydrogen-bond acceptors (Lipinski definition) is 8. The molecule has 45 heavy (non-hydrogen) atoms. The Morgan fingerprint density at radius 2 is 1.78 bits per heavy atom. The second-order valence-electron chi connectivity index (χ2n) is 11.4. The summed E-state index contributed by atoms with van der Waals surface area (Å²) in [5.41, 5.74) is 0.870. The lowest BCUT2D eigenvalue weighted by Crippen LogP contribution is -2.44. The zero-order chi connectivity index (χ0) is 32.6. The van der Waals surface area contributed by atoms with Gasteiger partial charge in [0.15, 0.2) is 0 Å². The van der Waals surface area contributed by atoms with Crippen LogP contribution in [0.1, 0.15) is 61.8 Å². The van der Waals surface area contributed by atoms with Crippen molar-refractivity contribution in [1.29, 1.82) is 5.26 Å². The van der Waals surface area contributed by atoms with Crippen LogP contribution >= 0.6 is 0 Å². The van der Waals surface area contributed by atoms with Gasteiger partial charge < -0.3 is 20.4 Å². The Hall–Kier alpha value is -3.90. The molecule has 1 aromatic heterocycles. The minimum absolute atomic E-state index is 0.110. The summed E-state index contributed by atoms with van der Waals surface area (Å²) >= 11 is 0. The topological polar surface area (TPSA) is 156 Å². The minimum Gasteiger partial charge on any atom is -0.371 e. The number of nitriles is 1. The number of anilines is 2. The fraction of sp³-hybridized carbons (Fsp3) is 0.533. The first-order valence-corrected chi connectivity index (χ1v) is 16.5. The molecule has 11 nitrogen and oxygen atoms in total. The Morgan fingerprint density at radius 1 is 1.07 bits per heavy atom. The summed E-state index contributed by atoms with van der Waals surface area (Å²) in [7, 11) is -4.28. The van der Waals surface area contributed by atoms with E-state index in [0.29, 0.717) is 82.4 Å².